The zero-order valence-electron chi connectivity index (χ0n) is 13.3. The molecule has 0 aromatic heterocycles. The Morgan fingerprint density at radius 2 is 1.81 bits per heavy atom. The molecule has 1 atom stereocenters. The number of carbonyl (C=O) groups excluding carboxylic acids is 1. The average Bonchev–Trinajstić information content (AvgIpc) is 2.38. The fourth-order valence-electron chi connectivity index (χ4n) is 3.33. The van der Waals surface area contributed by atoms with Crippen LogP contribution in [0.4, 0.5) is 0 Å². The highest BCUT2D eigenvalue weighted by molar-refractivity contribution is 5.78. The molecule has 1 saturated carbocycles. The Balaban J connectivity index is 2.69. The van der Waals surface area contributed by atoms with Crippen molar-refractivity contribution in [2.24, 2.45) is 5.41 Å². The largest absolute Gasteiger partial charge is 0.481 e. The molecule has 0 aromatic carbocycles. The number of amides is 1. The first kappa shape index (κ1) is 18.0. The number of hydrogen-bond acceptors (Lipinski definition) is 3. The Hall–Kier alpha value is -1.10. The van der Waals surface area contributed by atoms with Crippen LogP contribution in [0.1, 0.15) is 71.6 Å². The third-order valence-corrected chi connectivity index (χ3v) is 4.86. The summed E-state index contributed by atoms with van der Waals surface area (Å²) in [5.41, 5.74) is -0.799. The molecule has 0 heterocycles. The van der Waals surface area contributed by atoms with E-state index in [0.717, 1.165) is 38.5 Å². The fourth-order valence-corrected chi connectivity index (χ4v) is 3.33. The summed E-state index contributed by atoms with van der Waals surface area (Å²) in [7, 11) is 0. The molecule has 21 heavy (non-hydrogen) atoms. The minimum atomic E-state index is -0.821. The lowest BCUT2D eigenvalue weighted by Gasteiger charge is -2.37. The fraction of sp³-hybridized carbons (Fsp3) is 0.875. The third-order valence-electron chi connectivity index (χ3n) is 4.86. The van der Waals surface area contributed by atoms with E-state index in [0.29, 0.717) is 6.42 Å². The highest BCUT2D eigenvalue weighted by Crippen LogP contribution is 2.42. The van der Waals surface area contributed by atoms with Crippen LogP contribution in [0, 0.1) is 5.41 Å². The minimum absolute atomic E-state index is 0.0326. The van der Waals surface area contributed by atoms with Crippen LogP contribution >= 0.6 is 0 Å². The van der Waals surface area contributed by atoms with Crippen LogP contribution in [-0.2, 0) is 9.59 Å². The maximum Gasteiger partial charge on any atom is 0.303 e. The lowest BCUT2D eigenvalue weighted by molar-refractivity contribution is -0.141. The van der Waals surface area contributed by atoms with Crippen molar-refractivity contribution in [2.75, 3.05) is 6.61 Å². The van der Waals surface area contributed by atoms with Crippen LogP contribution in [0.2, 0.25) is 0 Å². The van der Waals surface area contributed by atoms with Crippen molar-refractivity contribution >= 4 is 11.9 Å². The summed E-state index contributed by atoms with van der Waals surface area (Å²) >= 11 is 0. The molecule has 0 aromatic rings. The zero-order chi connectivity index (χ0) is 15.9. The molecule has 0 bridgehead atoms. The molecule has 1 fully saturated rings. The predicted octanol–water partition coefficient (Wildman–Crippen LogP) is 2.47. The van der Waals surface area contributed by atoms with Crippen LogP contribution in [0.25, 0.3) is 0 Å². The molecule has 0 spiro atoms. The number of carboxylic acids is 1. The molecule has 0 saturated heterocycles. The van der Waals surface area contributed by atoms with E-state index >= 15 is 0 Å². The number of aliphatic hydroxyl groups is 1. The maximum absolute atomic E-state index is 12.4. The summed E-state index contributed by atoms with van der Waals surface area (Å²) < 4.78 is 0. The van der Waals surface area contributed by atoms with Crippen molar-refractivity contribution in [1.29, 1.82) is 0 Å². The predicted molar refractivity (Wildman–Crippen MR) is 80.9 cm³/mol. The second-order valence-electron chi connectivity index (χ2n) is 6.74. The second kappa shape index (κ2) is 7.78. The van der Waals surface area contributed by atoms with Crippen LogP contribution in [0.5, 0.6) is 0 Å². The van der Waals surface area contributed by atoms with Gasteiger partial charge >= 0.3 is 5.97 Å². The Labute approximate surface area is 127 Å². The van der Waals surface area contributed by atoms with Crippen LogP contribution in [0.3, 0.4) is 0 Å². The van der Waals surface area contributed by atoms with E-state index in [1.54, 1.807) is 0 Å². The van der Waals surface area contributed by atoms with E-state index in [9.17, 15) is 9.59 Å². The van der Waals surface area contributed by atoms with Gasteiger partial charge in [0.1, 0.15) is 0 Å². The third kappa shape index (κ3) is 5.65. The van der Waals surface area contributed by atoms with E-state index in [2.05, 4.69) is 5.32 Å². The van der Waals surface area contributed by atoms with E-state index < -0.39 is 11.5 Å². The van der Waals surface area contributed by atoms with Gasteiger partial charge in [-0.05, 0) is 38.0 Å². The Kier molecular flexibility index (Phi) is 6.65. The molecule has 0 aliphatic heterocycles. The summed E-state index contributed by atoms with van der Waals surface area (Å²) in [5, 5.41) is 21.2. The van der Waals surface area contributed by atoms with E-state index in [4.69, 9.17) is 10.2 Å². The molecule has 1 rings (SSSR count). The van der Waals surface area contributed by atoms with Crippen molar-refractivity contribution in [3.8, 4) is 0 Å². The summed E-state index contributed by atoms with van der Waals surface area (Å²) in [4.78, 5) is 23.5. The molecule has 1 aliphatic carbocycles. The van der Waals surface area contributed by atoms with Gasteiger partial charge < -0.3 is 15.5 Å². The minimum Gasteiger partial charge on any atom is -0.481 e. The highest BCUT2D eigenvalue weighted by atomic mass is 16.4. The molecule has 122 valence electrons. The number of hydrogen-bond donors (Lipinski definition) is 3. The number of carboxylic acid groups (broad SMARTS) is 1. The smallest absolute Gasteiger partial charge is 0.303 e. The number of nitrogens with one attached hydrogen (secondary N) is 1. The Morgan fingerprint density at radius 3 is 2.29 bits per heavy atom. The molecule has 3 N–H and O–H groups in total. The first-order valence-electron chi connectivity index (χ1n) is 7.98. The van der Waals surface area contributed by atoms with Crippen molar-refractivity contribution in [1.82, 2.24) is 5.32 Å². The number of rotatable bonds is 8. The molecule has 5 nitrogen and oxygen atoms in total. The molecular weight excluding hydrogens is 270 g/mol. The van der Waals surface area contributed by atoms with Gasteiger partial charge in [-0.25, -0.2) is 0 Å². The molecule has 1 amide bonds. The van der Waals surface area contributed by atoms with Gasteiger partial charge in [-0.3, -0.25) is 9.59 Å². The van der Waals surface area contributed by atoms with Crippen LogP contribution in [0.15, 0.2) is 0 Å². The van der Waals surface area contributed by atoms with Gasteiger partial charge in [-0.15, -0.1) is 0 Å². The number of aliphatic carboxylic acids is 1. The van der Waals surface area contributed by atoms with Gasteiger partial charge in [0, 0.05) is 18.6 Å². The molecule has 0 radical (unpaired) electrons. The van der Waals surface area contributed by atoms with Crippen LogP contribution in [-0.4, -0.2) is 34.2 Å². The van der Waals surface area contributed by atoms with Gasteiger partial charge in [0.15, 0.2) is 0 Å². The lowest BCUT2D eigenvalue weighted by Crippen LogP contribution is -2.48. The first-order valence-corrected chi connectivity index (χ1v) is 7.98. The van der Waals surface area contributed by atoms with Crippen molar-refractivity contribution < 1.29 is 19.8 Å². The SMILES string of the molecule is CCC(C)(CCO)NC(=O)CC1(CC(=O)O)CCCCC1. The van der Waals surface area contributed by atoms with Crippen molar-refractivity contribution in [3.05, 3.63) is 0 Å². The van der Waals surface area contributed by atoms with E-state index in [-0.39, 0.29) is 30.8 Å². The van der Waals surface area contributed by atoms with Gasteiger partial charge in [-0.1, -0.05) is 26.2 Å². The second-order valence-corrected chi connectivity index (χ2v) is 6.74. The van der Waals surface area contributed by atoms with E-state index in [1.165, 1.54) is 0 Å². The molecule has 5 heteroatoms. The van der Waals surface area contributed by atoms with E-state index in [1.807, 2.05) is 13.8 Å². The topological polar surface area (TPSA) is 86.6 Å². The van der Waals surface area contributed by atoms with Crippen LogP contribution < -0.4 is 5.32 Å². The summed E-state index contributed by atoms with van der Waals surface area (Å²) in [6.07, 6.45) is 6.37. The van der Waals surface area contributed by atoms with Gasteiger partial charge in [0.25, 0.3) is 0 Å². The number of carbonyl (C=O) groups is 2. The normalized spacial score (nSPS) is 20.5. The zero-order valence-corrected chi connectivity index (χ0v) is 13.3. The van der Waals surface area contributed by atoms with Crippen molar-refractivity contribution in [2.45, 2.75) is 77.2 Å². The van der Waals surface area contributed by atoms with Gasteiger partial charge in [0.2, 0.25) is 5.91 Å². The quantitative estimate of drug-likeness (QED) is 0.642. The average molecular weight is 299 g/mol. The maximum atomic E-state index is 12.4. The standard InChI is InChI=1S/C16H29NO4/c1-3-15(2,9-10-18)17-13(19)11-16(12-14(20)21)7-5-4-6-8-16/h18H,3-12H2,1-2H3,(H,17,19)(H,20,21). The summed E-state index contributed by atoms with van der Waals surface area (Å²) in [6.45, 7) is 3.93. The van der Waals surface area contributed by atoms with Gasteiger partial charge in [0.05, 0.1) is 6.42 Å². The Bertz CT molecular complexity index is 363. The van der Waals surface area contributed by atoms with Crippen molar-refractivity contribution in [3.63, 3.8) is 0 Å². The van der Waals surface area contributed by atoms with Gasteiger partial charge in [-0.2, -0.15) is 0 Å². The lowest BCUT2D eigenvalue weighted by atomic mass is 9.69. The molecular formula is C16H29NO4. The molecule has 1 aliphatic rings. The molecule has 1 unspecified atom stereocenters. The monoisotopic (exact) mass is 299 g/mol. The number of aliphatic hydroxyl groups excluding tert-OH is 1. The summed E-state index contributed by atoms with van der Waals surface area (Å²) in [6, 6.07) is 0. The Morgan fingerprint density at radius 1 is 1.19 bits per heavy atom. The highest BCUT2D eigenvalue weighted by Gasteiger charge is 2.37. The first-order chi connectivity index (χ1) is 9.85. The summed E-state index contributed by atoms with van der Waals surface area (Å²) in [5.74, 6) is -0.908.